The highest BCUT2D eigenvalue weighted by molar-refractivity contribution is 6.30. The van der Waals surface area contributed by atoms with Crippen LogP contribution >= 0.6 is 11.6 Å². The predicted molar refractivity (Wildman–Crippen MR) is 180 cm³/mol. The summed E-state index contributed by atoms with van der Waals surface area (Å²) in [5.74, 6) is 0. The molecule has 9 heteroatoms. The highest BCUT2D eigenvalue weighted by Gasteiger charge is 2.36. The van der Waals surface area contributed by atoms with E-state index >= 15 is 0 Å². The number of aromatic nitrogens is 2. The third kappa shape index (κ3) is 11.2. The van der Waals surface area contributed by atoms with Crippen LogP contribution in [0.2, 0.25) is 5.02 Å². The third-order valence-electron chi connectivity index (χ3n) is 7.06. The minimum Gasteiger partial charge on any atom is -0.444 e. The van der Waals surface area contributed by atoms with Crippen molar-refractivity contribution in [3.8, 4) is 0 Å². The van der Waals surface area contributed by atoms with E-state index in [9.17, 15) is 9.90 Å². The Morgan fingerprint density at radius 1 is 1.21 bits per heavy atom. The zero-order chi connectivity index (χ0) is 32.9. The Balaban J connectivity index is 0.000000644. The molecule has 8 nitrogen and oxygen atoms in total. The predicted octanol–water partition coefficient (Wildman–Crippen LogP) is 7.49. The molecular formula is C34H54ClN5O3. The first-order chi connectivity index (χ1) is 20.2. The van der Waals surface area contributed by atoms with Gasteiger partial charge < -0.3 is 24.2 Å². The van der Waals surface area contributed by atoms with E-state index in [4.69, 9.17) is 16.3 Å². The molecule has 3 rings (SSSR count). The molecule has 1 aliphatic heterocycles. The Kier molecular flexibility index (Phi) is 15.8. The standard InChI is InChI=1S/C25H36ClN3O2.C7H12N2O.C2H6/c1-9-19-17-20(26)11-12-21(19)23(22(18(3)4)27(8)10-2)28-13-15-29(16-14-28)24(30)31-25(5,6)7;1-3-7(10)6-4-8-5-9(6)2;1-2/h9-12,17,22-23H,1-3,13-16H2,4-8H3;4-5,7,10H,3H2,1-2H3;1-2H3/t22?,23-;;/m0../s1. The lowest BCUT2D eigenvalue weighted by molar-refractivity contribution is 0.00654. The van der Waals surface area contributed by atoms with E-state index in [2.05, 4.69) is 40.6 Å². The van der Waals surface area contributed by atoms with Gasteiger partial charge in [0.2, 0.25) is 0 Å². The smallest absolute Gasteiger partial charge is 0.410 e. The van der Waals surface area contributed by atoms with E-state index in [-0.39, 0.29) is 24.3 Å². The molecule has 0 saturated carbocycles. The van der Waals surface area contributed by atoms with Crippen molar-refractivity contribution in [2.75, 3.05) is 33.2 Å². The SMILES string of the molecule is C=Cc1cc(Cl)ccc1[C@@H](C(C(=C)C)N(C)C=C)N1CCN(C(=O)OC(C)(C)C)CC1.CC.CCC(O)c1cncn1C. The summed E-state index contributed by atoms with van der Waals surface area (Å²) in [6.07, 6.45) is 7.15. The van der Waals surface area contributed by atoms with E-state index in [0.717, 1.165) is 41.9 Å². The van der Waals surface area contributed by atoms with Crippen molar-refractivity contribution in [3.05, 3.63) is 84.1 Å². The van der Waals surface area contributed by atoms with Gasteiger partial charge in [0.1, 0.15) is 5.60 Å². The molecule has 240 valence electrons. The second-order valence-electron chi connectivity index (χ2n) is 11.4. The van der Waals surface area contributed by atoms with Gasteiger partial charge in [0.05, 0.1) is 36.4 Å². The number of piperazine rings is 1. The van der Waals surface area contributed by atoms with Crippen molar-refractivity contribution < 1.29 is 14.6 Å². The molecule has 2 heterocycles. The number of hydrogen-bond donors (Lipinski definition) is 1. The number of benzene rings is 1. The zero-order valence-electron chi connectivity index (χ0n) is 27.8. The number of likely N-dealkylation sites (N-methyl/N-ethyl adjacent to an activating group) is 1. The first kappa shape index (κ1) is 38.0. The first-order valence-electron chi connectivity index (χ1n) is 15.0. The quantitative estimate of drug-likeness (QED) is 0.295. The Morgan fingerprint density at radius 3 is 2.26 bits per heavy atom. The third-order valence-corrected chi connectivity index (χ3v) is 7.29. The van der Waals surface area contributed by atoms with Crippen LogP contribution in [0.4, 0.5) is 4.79 Å². The van der Waals surface area contributed by atoms with Gasteiger partial charge in [-0.2, -0.15) is 0 Å². The number of halogens is 1. The topological polar surface area (TPSA) is 74.1 Å². The number of amides is 1. The number of aliphatic hydroxyl groups excluding tert-OH is 1. The van der Waals surface area contributed by atoms with E-state index in [1.807, 2.05) is 91.5 Å². The minimum absolute atomic E-state index is 0.00505. The molecule has 0 bridgehead atoms. The number of carbonyl (C=O) groups is 1. The molecule has 1 saturated heterocycles. The lowest BCUT2D eigenvalue weighted by atomic mass is 9.88. The summed E-state index contributed by atoms with van der Waals surface area (Å²) in [5, 5.41) is 10.0. The number of carbonyl (C=O) groups excluding carboxylic acids is 1. The maximum atomic E-state index is 12.5. The summed E-state index contributed by atoms with van der Waals surface area (Å²) in [5.41, 5.74) is 3.54. The van der Waals surface area contributed by atoms with Crippen LogP contribution in [0.1, 0.15) is 83.9 Å². The van der Waals surface area contributed by atoms with Gasteiger partial charge in [-0.15, -0.1) is 0 Å². The number of nitrogens with zero attached hydrogens (tertiary/aromatic N) is 5. The molecule has 1 fully saturated rings. The molecule has 1 N–H and O–H groups in total. The highest BCUT2D eigenvalue weighted by Crippen LogP contribution is 2.35. The van der Waals surface area contributed by atoms with Crippen LogP contribution in [-0.2, 0) is 11.8 Å². The summed E-state index contributed by atoms with van der Waals surface area (Å²) in [6.45, 7) is 28.5. The van der Waals surface area contributed by atoms with E-state index in [1.165, 1.54) is 0 Å². The first-order valence-corrected chi connectivity index (χ1v) is 15.4. The molecule has 2 unspecified atom stereocenters. The maximum absolute atomic E-state index is 12.5. The molecule has 0 aliphatic carbocycles. The fourth-order valence-corrected chi connectivity index (χ4v) is 5.10. The molecule has 0 spiro atoms. The van der Waals surface area contributed by atoms with Crippen LogP contribution in [0, 0.1) is 0 Å². The molecule has 1 aromatic carbocycles. The van der Waals surface area contributed by atoms with E-state index < -0.39 is 5.60 Å². The summed E-state index contributed by atoms with van der Waals surface area (Å²) in [6, 6.07) is 5.93. The van der Waals surface area contributed by atoms with Gasteiger partial charge in [0.25, 0.3) is 0 Å². The van der Waals surface area contributed by atoms with Crippen molar-refractivity contribution in [2.24, 2.45) is 7.05 Å². The van der Waals surface area contributed by atoms with Crippen LogP contribution < -0.4 is 0 Å². The molecule has 1 amide bonds. The minimum atomic E-state index is -0.503. The summed E-state index contributed by atoms with van der Waals surface area (Å²) in [7, 11) is 3.89. The van der Waals surface area contributed by atoms with Crippen molar-refractivity contribution >= 4 is 23.8 Å². The fraction of sp³-hybridized carbons (Fsp3) is 0.529. The summed E-state index contributed by atoms with van der Waals surface area (Å²) >= 11 is 6.26. The van der Waals surface area contributed by atoms with Crippen molar-refractivity contribution in [3.63, 3.8) is 0 Å². The van der Waals surface area contributed by atoms with Crippen molar-refractivity contribution in [1.82, 2.24) is 24.3 Å². The van der Waals surface area contributed by atoms with Gasteiger partial charge >= 0.3 is 6.09 Å². The maximum Gasteiger partial charge on any atom is 0.410 e. The Bertz CT molecular complexity index is 1180. The molecular weight excluding hydrogens is 562 g/mol. The van der Waals surface area contributed by atoms with Crippen LogP contribution in [0.5, 0.6) is 0 Å². The van der Waals surface area contributed by atoms with Gasteiger partial charge in [0.15, 0.2) is 0 Å². The normalized spacial score (nSPS) is 15.5. The molecule has 3 atom stereocenters. The monoisotopic (exact) mass is 615 g/mol. The molecule has 43 heavy (non-hydrogen) atoms. The van der Waals surface area contributed by atoms with Crippen LogP contribution in [0.15, 0.2) is 62.2 Å². The number of hydrogen-bond acceptors (Lipinski definition) is 6. The average molecular weight is 616 g/mol. The van der Waals surface area contributed by atoms with Crippen molar-refractivity contribution in [2.45, 2.75) is 78.7 Å². The average Bonchev–Trinajstić information content (AvgIpc) is 3.41. The Morgan fingerprint density at radius 2 is 1.81 bits per heavy atom. The van der Waals surface area contributed by atoms with E-state index in [1.54, 1.807) is 17.4 Å². The van der Waals surface area contributed by atoms with E-state index in [0.29, 0.717) is 18.1 Å². The molecule has 0 radical (unpaired) electrons. The second kappa shape index (κ2) is 17.9. The van der Waals surface area contributed by atoms with Crippen molar-refractivity contribution in [1.29, 1.82) is 0 Å². The van der Waals surface area contributed by atoms with Crippen LogP contribution in [-0.4, -0.2) is 80.3 Å². The van der Waals surface area contributed by atoms with Gasteiger partial charge in [-0.05, 0) is 63.6 Å². The Labute approximate surface area is 265 Å². The van der Waals surface area contributed by atoms with Gasteiger partial charge in [-0.1, -0.05) is 69.8 Å². The molecule has 2 aromatic rings. The lowest BCUT2D eigenvalue weighted by Gasteiger charge is -2.45. The van der Waals surface area contributed by atoms with Gasteiger partial charge in [0, 0.05) is 45.3 Å². The number of imidazole rings is 1. The number of aryl methyl sites for hydroxylation is 1. The van der Waals surface area contributed by atoms with Gasteiger partial charge in [-0.3, -0.25) is 4.90 Å². The molecule has 1 aliphatic rings. The number of aliphatic hydroxyl groups is 1. The second-order valence-corrected chi connectivity index (χ2v) is 11.9. The highest BCUT2D eigenvalue weighted by atomic mass is 35.5. The fourth-order valence-electron chi connectivity index (χ4n) is 4.92. The summed E-state index contributed by atoms with van der Waals surface area (Å²) in [4.78, 5) is 22.7. The van der Waals surface area contributed by atoms with Gasteiger partial charge in [-0.25, -0.2) is 9.78 Å². The van der Waals surface area contributed by atoms with Crippen LogP contribution in [0.3, 0.4) is 0 Å². The lowest BCUT2D eigenvalue weighted by Crippen LogP contribution is -2.54. The largest absolute Gasteiger partial charge is 0.444 e. The zero-order valence-corrected chi connectivity index (χ0v) is 28.6. The molecule has 1 aromatic heterocycles. The number of rotatable bonds is 9. The summed E-state index contributed by atoms with van der Waals surface area (Å²) < 4.78 is 7.38. The number of ether oxygens (including phenoxy) is 1. The Hall–Kier alpha value is -3.07. The van der Waals surface area contributed by atoms with Crippen LogP contribution in [0.25, 0.3) is 6.08 Å².